The third-order valence-corrected chi connectivity index (χ3v) is 4.42. The molecule has 2 aliphatic rings. The van der Waals surface area contributed by atoms with Gasteiger partial charge in [0, 0.05) is 13.0 Å². The second-order valence-electron chi connectivity index (χ2n) is 6.27. The van der Waals surface area contributed by atoms with Crippen LogP contribution < -0.4 is 0 Å². The van der Waals surface area contributed by atoms with Gasteiger partial charge in [-0.2, -0.15) is 0 Å². The fraction of sp³-hybridized carbons (Fsp3) is 0.647. The van der Waals surface area contributed by atoms with Crippen molar-refractivity contribution in [3.8, 4) is 0 Å². The molecule has 1 aromatic rings. The molecule has 1 spiro atoms. The molecule has 116 valence electrons. The Morgan fingerprint density at radius 2 is 2.43 bits per heavy atom. The van der Waals surface area contributed by atoms with Crippen molar-refractivity contribution in [2.45, 2.75) is 44.4 Å². The summed E-state index contributed by atoms with van der Waals surface area (Å²) in [5.41, 5.74) is -0.0221. The molecule has 0 saturated carbocycles. The van der Waals surface area contributed by atoms with Crippen molar-refractivity contribution < 1.29 is 13.9 Å². The van der Waals surface area contributed by atoms with Crippen LogP contribution in [0.5, 0.6) is 0 Å². The number of rotatable bonds is 5. The van der Waals surface area contributed by atoms with Gasteiger partial charge < -0.3 is 13.9 Å². The Balaban J connectivity index is 1.57. The molecule has 2 fully saturated rings. The van der Waals surface area contributed by atoms with Crippen LogP contribution >= 0.6 is 0 Å². The third-order valence-electron chi connectivity index (χ3n) is 4.42. The summed E-state index contributed by atoms with van der Waals surface area (Å²) in [6, 6.07) is 4.10. The molecule has 3 rings (SSSR count). The van der Waals surface area contributed by atoms with Gasteiger partial charge in [0.1, 0.15) is 11.5 Å². The summed E-state index contributed by atoms with van der Waals surface area (Å²) in [5, 5.41) is 0. The first-order chi connectivity index (χ1) is 10.2. The molecule has 3 heterocycles. The average molecular weight is 291 g/mol. The van der Waals surface area contributed by atoms with Crippen LogP contribution in [0.15, 0.2) is 29.2 Å². The van der Waals surface area contributed by atoms with Gasteiger partial charge in [0.15, 0.2) is 0 Å². The van der Waals surface area contributed by atoms with Crippen LogP contribution in [-0.4, -0.2) is 42.9 Å². The molecule has 0 bridgehead atoms. The molecule has 0 amide bonds. The molecule has 0 N–H and O–H groups in total. The summed E-state index contributed by atoms with van der Waals surface area (Å²) in [7, 11) is 0. The van der Waals surface area contributed by atoms with E-state index < -0.39 is 0 Å². The maximum absolute atomic E-state index is 6.13. The van der Waals surface area contributed by atoms with E-state index in [9.17, 15) is 0 Å². The molecule has 0 aliphatic carbocycles. The Hall–Kier alpha value is -1.10. The minimum absolute atomic E-state index is 0.0221. The van der Waals surface area contributed by atoms with E-state index in [0.29, 0.717) is 13.2 Å². The maximum Gasteiger partial charge on any atom is 0.118 e. The van der Waals surface area contributed by atoms with Gasteiger partial charge in [-0.1, -0.05) is 6.08 Å². The minimum atomic E-state index is -0.0221. The second kappa shape index (κ2) is 6.34. The van der Waals surface area contributed by atoms with Crippen LogP contribution in [0.3, 0.4) is 0 Å². The SMILES string of the molecule is C=CCOC1COC2(CCCN(Cc3ccc(C)o3)C2)C1. The van der Waals surface area contributed by atoms with Crippen LogP contribution in [0.1, 0.15) is 30.8 Å². The quantitative estimate of drug-likeness (QED) is 0.781. The zero-order valence-corrected chi connectivity index (χ0v) is 12.8. The Morgan fingerprint density at radius 3 is 3.19 bits per heavy atom. The van der Waals surface area contributed by atoms with E-state index in [1.165, 1.54) is 6.42 Å². The zero-order chi connectivity index (χ0) is 14.7. The maximum atomic E-state index is 6.13. The van der Waals surface area contributed by atoms with Crippen LogP contribution in [0.4, 0.5) is 0 Å². The van der Waals surface area contributed by atoms with Crippen molar-refractivity contribution in [1.82, 2.24) is 4.90 Å². The lowest BCUT2D eigenvalue weighted by Crippen LogP contribution is -2.47. The van der Waals surface area contributed by atoms with Gasteiger partial charge in [0.05, 0.1) is 31.5 Å². The van der Waals surface area contributed by atoms with Gasteiger partial charge >= 0.3 is 0 Å². The van der Waals surface area contributed by atoms with Crippen LogP contribution in [0.2, 0.25) is 0 Å². The lowest BCUT2D eigenvalue weighted by atomic mass is 9.89. The Labute approximate surface area is 126 Å². The lowest BCUT2D eigenvalue weighted by Gasteiger charge is -2.39. The summed E-state index contributed by atoms with van der Waals surface area (Å²) in [4.78, 5) is 2.44. The number of hydrogen-bond acceptors (Lipinski definition) is 4. The van der Waals surface area contributed by atoms with Crippen molar-refractivity contribution in [1.29, 1.82) is 0 Å². The van der Waals surface area contributed by atoms with Gasteiger partial charge in [0.2, 0.25) is 0 Å². The lowest BCUT2D eigenvalue weighted by molar-refractivity contribution is -0.0555. The number of nitrogens with zero attached hydrogens (tertiary/aromatic N) is 1. The molecule has 2 unspecified atom stereocenters. The highest BCUT2D eigenvalue weighted by atomic mass is 16.6. The van der Waals surface area contributed by atoms with E-state index in [1.54, 1.807) is 6.08 Å². The standard InChI is InChI=1S/C17H25NO3/c1-3-9-19-16-10-17(20-12-16)7-4-8-18(13-17)11-15-6-5-14(2)21-15/h3,5-6,16H,1,4,7-13H2,2H3. The van der Waals surface area contributed by atoms with Gasteiger partial charge in [-0.05, 0) is 38.4 Å². The Kier molecular flexibility index (Phi) is 4.48. The van der Waals surface area contributed by atoms with Crippen LogP contribution in [0.25, 0.3) is 0 Å². The van der Waals surface area contributed by atoms with Crippen molar-refractivity contribution >= 4 is 0 Å². The number of piperidine rings is 1. The van der Waals surface area contributed by atoms with E-state index in [-0.39, 0.29) is 11.7 Å². The third kappa shape index (κ3) is 3.57. The van der Waals surface area contributed by atoms with Crippen molar-refractivity contribution in [2.75, 3.05) is 26.3 Å². The Morgan fingerprint density at radius 1 is 1.52 bits per heavy atom. The predicted octanol–water partition coefficient (Wildman–Crippen LogP) is 2.91. The van der Waals surface area contributed by atoms with E-state index in [2.05, 4.69) is 17.5 Å². The number of likely N-dealkylation sites (tertiary alicyclic amines) is 1. The van der Waals surface area contributed by atoms with E-state index in [1.807, 2.05) is 13.0 Å². The van der Waals surface area contributed by atoms with E-state index >= 15 is 0 Å². The summed E-state index contributed by atoms with van der Waals surface area (Å²) < 4.78 is 17.6. The largest absolute Gasteiger partial charge is 0.465 e. The molecule has 1 aromatic heterocycles. The smallest absolute Gasteiger partial charge is 0.118 e. The first-order valence-electron chi connectivity index (χ1n) is 7.83. The fourth-order valence-corrected chi connectivity index (χ4v) is 3.51. The van der Waals surface area contributed by atoms with Crippen molar-refractivity contribution in [2.24, 2.45) is 0 Å². The normalized spacial score (nSPS) is 30.0. The van der Waals surface area contributed by atoms with Gasteiger partial charge in [-0.25, -0.2) is 0 Å². The Bertz CT molecular complexity index is 484. The first kappa shape index (κ1) is 14.8. The molecule has 2 atom stereocenters. The molecule has 0 radical (unpaired) electrons. The summed E-state index contributed by atoms with van der Waals surface area (Å²) in [6.07, 6.45) is 5.32. The summed E-state index contributed by atoms with van der Waals surface area (Å²) in [5.74, 6) is 2.02. The number of aryl methyl sites for hydroxylation is 1. The average Bonchev–Trinajstić information content (AvgIpc) is 3.04. The second-order valence-corrected chi connectivity index (χ2v) is 6.27. The minimum Gasteiger partial charge on any atom is -0.465 e. The van der Waals surface area contributed by atoms with E-state index in [4.69, 9.17) is 13.9 Å². The van der Waals surface area contributed by atoms with Gasteiger partial charge in [-0.15, -0.1) is 6.58 Å². The van der Waals surface area contributed by atoms with Crippen LogP contribution in [0, 0.1) is 6.92 Å². The van der Waals surface area contributed by atoms with Crippen molar-refractivity contribution in [3.05, 3.63) is 36.3 Å². The summed E-state index contributed by atoms with van der Waals surface area (Å²) in [6.45, 7) is 9.97. The topological polar surface area (TPSA) is 34.8 Å². The molecular weight excluding hydrogens is 266 g/mol. The predicted molar refractivity (Wildman–Crippen MR) is 81.2 cm³/mol. The number of hydrogen-bond donors (Lipinski definition) is 0. The molecule has 0 aromatic carbocycles. The monoisotopic (exact) mass is 291 g/mol. The zero-order valence-electron chi connectivity index (χ0n) is 12.8. The first-order valence-corrected chi connectivity index (χ1v) is 7.83. The highest BCUT2D eigenvalue weighted by molar-refractivity contribution is 5.06. The number of ether oxygens (including phenoxy) is 2. The summed E-state index contributed by atoms with van der Waals surface area (Å²) >= 11 is 0. The van der Waals surface area contributed by atoms with Crippen LogP contribution in [-0.2, 0) is 16.0 Å². The molecule has 4 heteroatoms. The number of furan rings is 1. The van der Waals surface area contributed by atoms with Crippen molar-refractivity contribution in [3.63, 3.8) is 0 Å². The molecule has 21 heavy (non-hydrogen) atoms. The van der Waals surface area contributed by atoms with E-state index in [0.717, 1.165) is 44.0 Å². The molecular formula is C17H25NO3. The van der Waals surface area contributed by atoms with Gasteiger partial charge in [0.25, 0.3) is 0 Å². The fourth-order valence-electron chi connectivity index (χ4n) is 3.51. The van der Waals surface area contributed by atoms with Gasteiger partial charge in [-0.3, -0.25) is 4.90 Å². The highest BCUT2D eigenvalue weighted by Crippen LogP contribution is 2.36. The highest BCUT2D eigenvalue weighted by Gasteiger charge is 2.43. The molecule has 2 saturated heterocycles. The molecule has 4 nitrogen and oxygen atoms in total. The molecule has 2 aliphatic heterocycles.